The van der Waals surface area contributed by atoms with Crippen LogP contribution in [0.3, 0.4) is 0 Å². The first-order valence-electron chi connectivity index (χ1n) is 5.94. The van der Waals surface area contributed by atoms with E-state index in [1.807, 2.05) is 6.92 Å². The van der Waals surface area contributed by atoms with Gasteiger partial charge in [-0.05, 0) is 13.3 Å². The Morgan fingerprint density at radius 3 is 2.27 bits per heavy atom. The first-order chi connectivity index (χ1) is 6.95. The smallest absolute Gasteiger partial charge is 0.324 e. The fourth-order valence-corrected chi connectivity index (χ4v) is 2.37. The van der Waals surface area contributed by atoms with E-state index in [0.717, 1.165) is 12.8 Å². The van der Waals surface area contributed by atoms with Crippen molar-refractivity contribution >= 4 is 7.60 Å². The molecule has 0 amide bonds. The third-order valence-corrected chi connectivity index (χ3v) is 3.09. The molecule has 0 radical (unpaired) electrons. The summed E-state index contributed by atoms with van der Waals surface area (Å²) in [5, 5.41) is 0. The van der Waals surface area contributed by atoms with Crippen LogP contribution in [-0.2, 0) is 9.09 Å². The van der Waals surface area contributed by atoms with Crippen LogP contribution < -0.4 is 0 Å². The van der Waals surface area contributed by atoms with Crippen molar-refractivity contribution in [1.82, 2.24) is 0 Å². The van der Waals surface area contributed by atoms with Crippen LogP contribution in [0.1, 0.15) is 58.8 Å². The highest BCUT2D eigenvalue weighted by Gasteiger charge is 2.14. The standard InChI is InChI=1S/C11H25O3P/c1-4-5-6-7-8-9-10-11(2)14-15(3,12)13/h11H,4-10H2,1-3H3,(H,12,13). The number of hydrogen-bond donors (Lipinski definition) is 1. The Labute approximate surface area is 93.8 Å². The summed E-state index contributed by atoms with van der Waals surface area (Å²) in [4.78, 5) is 8.99. The van der Waals surface area contributed by atoms with Gasteiger partial charge in [0.1, 0.15) is 0 Å². The molecule has 0 aliphatic heterocycles. The summed E-state index contributed by atoms with van der Waals surface area (Å²) in [5.74, 6) is 0. The molecule has 0 heterocycles. The van der Waals surface area contributed by atoms with Crippen LogP contribution in [0.4, 0.5) is 0 Å². The number of hydrogen-bond acceptors (Lipinski definition) is 2. The zero-order valence-electron chi connectivity index (χ0n) is 10.2. The Morgan fingerprint density at radius 1 is 1.20 bits per heavy atom. The second kappa shape index (κ2) is 8.32. The molecule has 1 N–H and O–H groups in total. The Hall–Kier alpha value is 0.150. The minimum absolute atomic E-state index is 0.1000. The van der Waals surface area contributed by atoms with Crippen LogP contribution in [0.5, 0.6) is 0 Å². The Bertz CT molecular complexity index is 188. The van der Waals surface area contributed by atoms with Crippen LogP contribution in [0.25, 0.3) is 0 Å². The predicted molar refractivity (Wildman–Crippen MR) is 64.3 cm³/mol. The molecule has 4 heteroatoms. The molecule has 0 saturated heterocycles. The maximum atomic E-state index is 10.9. The molecule has 0 fully saturated rings. The quantitative estimate of drug-likeness (QED) is 0.487. The molecule has 0 rings (SSSR count). The van der Waals surface area contributed by atoms with Crippen molar-refractivity contribution in [2.75, 3.05) is 6.66 Å². The zero-order chi connectivity index (χ0) is 11.7. The highest BCUT2D eigenvalue weighted by Crippen LogP contribution is 2.38. The van der Waals surface area contributed by atoms with Crippen molar-refractivity contribution in [3.05, 3.63) is 0 Å². The van der Waals surface area contributed by atoms with Crippen molar-refractivity contribution in [2.24, 2.45) is 0 Å². The average Bonchev–Trinajstić information content (AvgIpc) is 2.08. The molecule has 15 heavy (non-hydrogen) atoms. The lowest BCUT2D eigenvalue weighted by molar-refractivity contribution is 0.180. The van der Waals surface area contributed by atoms with Gasteiger partial charge in [-0.25, -0.2) is 0 Å². The minimum Gasteiger partial charge on any atom is -0.324 e. The third kappa shape index (κ3) is 12.1. The second-order valence-electron chi connectivity index (χ2n) is 4.28. The van der Waals surface area contributed by atoms with Crippen molar-refractivity contribution in [3.63, 3.8) is 0 Å². The number of rotatable bonds is 9. The van der Waals surface area contributed by atoms with E-state index in [9.17, 15) is 4.57 Å². The average molecular weight is 236 g/mol. The Balaban J connectivity index is 3.32. The Morgan fingerprint density at radius 2 is 1.73 bits per heavy atom. The molecule has 0 aromatic heterocycles. The van der Waals surface area contributed by atoms with E-state index in [0.29, 0.717) is 0 Å². The fraction of sp³-hybridized carbons (Fsp3) is 1.00. The molecule has 0 saturated carbocycles. The van der Waals surface area contributed by atoms with Crippen LogP contribution in [-0.4, -0.2) is 17.7 Å². The lowest BCUT2D eigenvalue weighted by Crippen LogP contribution is -2.05. The maximum absolute atomic E-state index is 10.9. The number of unbranched alkanes of at least 4 members (excludes halogenated alkanes) is 5. The molecule has 0 aromatic carbocycles. The molecule has 0 spiro atoms. The second-order valence-corrected chi connectivity index (χ2v) is 6.09. The van der Waals surface area contributed by atoms with Crippen molar-refractivity contribution in [1.29, 1.82) is 0 Å². The van der Waals surface area contributed by atoms with Crippen LogP contribution in [0, 0.1) is 0 Å². The predicted octanol–water partition coefficient (Wildman–Crippen LogP) is 3.96. The molecule has 0 aliphatic carbocycles. The fourth-order valence-electron chi connectivity index (χ4n) is 1.60. The van der Waals surface area contributed by atoms with Crippen LogP contribution >= 0.6 is 7.60 Å². The van der Waals surface area contributed by atoms with Crippen LogP contribution in [0.15, 0.2) is 0 Å². The van der Waals surface area contributed by atoms with E-state index in [2.05, 4.69) is 6.92 Å². The van der Waals surface area contributed by atoms with E-state index in [-0.39, 0.29) is 6.10 Å². The van der Waals surface area contributed by atoms with E-state index in [1.165, 1.54) is 38.8 Å². The third-order valence-electron chi connectivity index (χ3n) is 2.34. The van der Waals surface area contributed by atoms with Gasteiger partial charge in [0.15, 0.2) is 0 Å². The van der Waals surface area contributed by atoms with Gasteiger partial charge in [-0.3, -0.25) is 4.57 Å². The summed E-state index contributed by atoms with van der Waals surface area (Å²) in [7, 11) is -3.29. The van der Waals surface area contributed by atoms with Crippen molar-refractivity contribution < 1.29 is 14.0 Å². The highest BCUT2D eigenvalue weighted by molar-refractivity contribution is 7.51. The van der Waals surface area contributed by atoms with E-state index < -0.39 is 7.60 Å². The molecular weight excluding hydrogens is 211 g/mol. The van der Waals surface area contributed by atoms with Gasteiger partial charge in [0, 0.05) is 6.66 Å². The zero-order valence-corrected chi connectivity index (χ0v) is 11.1. The van der Waals surface area contributed by atoms with Gasteiger partial charge in [0.2, 0.25) is 0 Å². The molecular formula is C11H25O3P. The maximum Gasteiger partial charge on any atom is 0.325 e. The first kappa shape index (κ1) is 15.2. The van der Waals surface area contributed by atoms with Gasteiger partial charge >= 0.3 is 7.60 Å². The van der Waals surface area contributed by atoms with Crippen LogP contribution in [0.2, 0.25) is 0 Å². The summed E-state index contributed by atoms with van der Waals surface area (Å²) in [6.45, 7) is 5.30. The molecule has 0 aliphatic rings. The molecule has 92 valence electrons. The lowest BCUT2D eigenvalue weighted by Gasteiger charge is -2.14. The monoisotopic (exact) mass is 236 g/mol. The van der Waals surface area contributed by atoms with E-state index >= 15 is 0 Å². The highest BCUT2D eigenvalue weighted by atomic mass is 31.2. The van der Waals surface area contributed by atoms with Gasteiger partial charge in [-0.2, -0.15) is 0 Å². The van der Waals surface area contributed by atoms with Gasteiger partial charge in [-0.15, -0.1) is 0 Å². The summed E-state index contributed by atoms with van der Waals surface area (Å²) < 4.78 is 15.9. The molecule has 2 unspecified atom stereocenters. The summed E-state index contributed by atoms with van der Waals surface area (Å²) in [6, 6.07) is 0. The summed E-state index contributed by atoms with van der Waals surface area (Å²) in [6.07, 6.45) is 8.22. The molecule has 0 aromatic rings. The van der Waals surface area contributed by atoms with E-state index in [1.54, 1.807) is 0 Å². The molecule has 0 bridgehead atoms. The Kier molecular flexibility index (Phi) is 8.40. The van der Waals surface area contributed by atoms with Gasteiger partial charge in [-0.1, -0.05) is 45.4 Å². The largest absolute Gasteiger partial charge is 0.325 e. The van der Waals surface area contributed by atoms with E-state index in [4.69, 9.17) is 9.42 Å². The minimum atomic E-state index is -3.29. The van der Waals surface area contributed by atoms with Crippen molar-refractivity contribution in [3.8, 4) is 0 Å². The molecule has 3 nitrogen and oxygen atoms in total. The van der Waals surface area contributed by atoms with Gasteiger partial charge in [0.05, 0.1) is 6.10 Å². The topological polar surface area (TPSA) is 46.5 Å². The first-order valence-corrected chi connectivity index (χ1v) is 7.97. The van der Waals surface area contributed by atoms with Crippen molar-refractivity contribution in [2.45, 2.75) is 64.9 Å². The summed E-state index contributed by atoms with van der Waals surface area (Å²) >= 11 is 0. The van der Waals surface area contributed by atoms with Gasteiger partial charge < -0.3 is 9.42 Å². The SMILES string of the molecule is CCCCCCCCC(C)OP(C)(=O)O. The normalized spacial score (nSPS) is 17.3. The summed E-state index contributed by atoms with van der Waals surface area (Å²) in [5.41, 5.74) is 0. The lowest BCUT2D eigenvalue weighted by atomic mass is 10.1. The van der Waals surface area contributed by atoms with Gasteiger partial charge in [0.25, 0.3) is 0 Å². The molecule has 2 atom stereocenters.